The maximum absolute atomic E-state index is 4.81. The smallest absolute Gasteiger partial charge is 0.177 e. The van der Waals surface area contributed by atoms with Gasteiger partial charge in [0.1, 0.15) is 5.82 Å². The predicted octanol–water partition coefficient (Wildman–Crippen LogP) is 2.18. The summed E-state index contributed by atoms with van der Waals surface area (Å²) >= 11 is 0. The predicted molar refractivity (Wildman–Crippen MR) is 89.0 cm³/mol. The highest BCUT2D eigenvalue weighted by molar-refractivity contribution is 5.39. The topological polar surface area (TPSA) is 72.1 Å². The summed E-state index contributed by atoms with van der Waals surface area (Å²) in [6, 6.07) is 4.15. The average molecular weight is 321 g/mol. The maximum Gasteiger partial charge on any atom is 0.177 e. The van der Waals surface area contributed by atoms with Gasteiger partial charge >= 0.3 is 0 Å². The van der Waals surface area contributed by atoms with Gasteiger partial charge in [0.15, 0.2) is 11.5 Å². The molecule has 3 aromatic rings. The van der Waals surface area contributed by atoms with Gasteiger partial charge in [-0.05, 0) is 37.8 Å². The third-order valence-corrected chi connectivity index (χ3v) is 5.04. The lowest BCUT2D eigenvalue weighted by Crippen LogP contribution is -2.34. The molecule has 0 unspecified atom stereocenters. The summed E-state index contributed by atoms with van der Waals surface area (Å²) in [5, 5.41) is 13.6. The van der Waals surface area contributed by atoms with Crippen molar-refractivity contribution in [2.45, 2.75) is 37.5 Å². The van der Waals surface area contributed by atoms with Crippen LogP contribution >= 0.6 is 0 Å². The summed E-state index contributed by atoms with van der Waals surface area (Å²) in [5.74, 6) is 3.00. The summed E-state index contributed by atoms with van der Waals surface area (Å²) in [4.78, 5) is 10.8. The highest BCUT2D eigenvalue weighted by atomic mass is 15.4. The molecule has 1 aliphatic carbocycles. The molecule has 1 saturated heterocycles. The number of nitrogens with zero attached hydrogens (tertiary/aromatic N) is 7. The monoisotopic (exact) mass is 321 g/mol. The highest BCUT2D eigenvalue weighted by Gasteiger charge is 2.28. The third kappa shape index (κ3) is 2.40. The second-order valence-corrected chi connectivity index (χ2v) is 6.69. The Morgan fingerprint density at radius 2 is 1.79 bits per heavy atom. The molecule has 122 valence electrons. The normalized spacial score (nSPS) is 19.1. The number of aromatic nitrogens is 6. The number of piperidine rings is 1. The minimum atomic E-state index is 0.398. The Kier molecular flexibility index (Phi) is 3.17. The van der Waals surface area contributed by atoms with Crippen molar-refractivity contribution in [2.24, 2.45) is 0 Å². The molecule has 7 heteroatoms. The summed E-state index contributed by atoms with van der Waals surface area (Å²) in [6.07, 6.45) is 9.87. The standard InChI is InChI=1S/C17H19N7/c1-2-12(1)14-3-4-15-20-21-17(24(15)22-14)13-5-9-23(10-6-13)16-11-18-7-8-19-16/h3-4,7-8,11-13H,1-2,5-6,9-10H2. The molecule has 1 aliphatic heterocycles. The van der Waals surface area contributed by atoms with E-state index in [4.69, 9.17) is 5.10 Å². The zero-order valence-electron chi connectivity index (χ0n) is 13.4. The lowest BCUT2D eigenvalue weighted by Gasteiger charge is -2.31. The molecule has 0 radical (unpaired) electrons. The first kappa shape index (κ1) is 13.8. The quantitative estimate of drug-likeness (QED) is 0.736. The second kappa shape index (κ2) is 5.51. The fraction of sp³-hybridized carbons (Fsp3) is 0.471. The number of anilines is 1. The molecule has 2 fully saturated rings. The molecule has 5 rings (SSSR count). The molecule has 4 heterocycles. The molecule has 0 amide bonds. The Labute approximate surface area is 139 Å². The van der Waals surface area contributed by atoms with Gasteiger partial charge in [-0.3, -0.25) is 4.98 Å². The summed E-state index contributed by atoms with van der Waals surface area (Å²) < 4.78 is 1.97. The Bertz CT molecular complexity index is 848. The van der Waals surface area contributed by atoms with E-state index in [1.165, 1.54) is 18.5 Å². The minimum Gasteiger partial charge on any atom is -0.355 e. The van der Waals surface area contributed by atoms with E-state index in [2.05, 4.69) is 31.1 Å². The van der Waals surface area contributed by atoms with Crippen molar-refractivity contribution in [3.63, 3.8) is 0 Å². The Morgan fingerprint density at radius 3 is 2.54 bits per heavy atom. The summed E-state index contributed by atoms with van der Waals surface area (Å²) in [5.41, 5.74) is 2.03. The summed E-state index contributed by atoms with van der Waals surface area (Å²) in [7, 11) is 0. The Balaban J connectivity index is 1.38. The van der Waals surface area contributed by atoms with Crippen LogP contribution in [0.3, 0.4) is 0 Å². The molecule has 0 spiro atoms. The number of fused-ring (bicyclic) bond motifs is 1. The van der Waals surface area contributed by atoms with Crippen molar-refractivity contribution in [1.82, 2.24) is 29.8 Å². The SMILES string of the molecule is c1cnc(N2CCC(c3nnc4ccc(C5CC5)nn34)CC2)cn1. The van der Waals surface area contributed by atoms with E-state index in [-0.39, 0.29) is 0 Å². The molecule has 0 aromatic carbocycles. The molecule has 24 heavy (non-hydrogen) atoms. The lowest BCUT2D eigenvalue weighted by molar-refractivity contribution is 0.474. The first-order chi connectivity index (χ1) is 11.9. The van der Waals surface area contributed by atoms with Gasteiger partial charge in [0.2, 0.25) is 0 Å². The van der Waals surface area contributed by atoms with E-state index < -0.39 is 0 Å². The maximum atomic E-state index is 4.81. The molecule has 0 bridgehead atoms. The first-order valence-corrected chi connectivity index (χ1v) is 8.62. The van der Waals surface area contributed by atoms with E-state index >= 15 is 0 Å². The van der Waals surface area contributed by atoms with Crippen molar-refractivity contribution in [3.8, 4) is 0 Å². The van der Waals surface area contributed by atoms with E-state index in [1.807, 2.05) is 16.8 Å². The Hall–Kier alpha value is -2.57. The van der Waals surface area contributed by atoms with E-state index in [9.17, 15) is 0 Å². The van der Waals surface area contributed by atoms with Crippen LogP contribution in [-0.2, 0) is 0 Å². The third-order valence-electron chi connectivity index (χ3n) is 5.04. The minimum absolute atomic E-state index is 0.398. The number of hydrogen-bond donors (Lipinski definition) is 0. The van der Waals surface area contributed by atoms with Gasteiger partial charge in [-0.2, -0.15) is 9.61 Å². The van der Waals surface area contributed by atoms with Crippen LogP contribution in [0.15, 0.2) is 30.7 Å². The van der Waals surface area contributed by atoms with Crippen LogP contribution in [-0.4, -0.2) is 42.9 Å². The van der Waals surface area contributed by atoms with Gasteiger partial charge in [0.05, 0.1) is 11.9 Å². The lowest BCUT2D eigenvalue weighted by atomic mass is 9.96. The second-order valence-electron chi connectivity index (χ2n) is 6.69. The van der Waals surface area contributed by atoms with Gasteiger partial charge in [0, 0.05) is 37.3 Å². The van der Waals surface area contributed by atoms with Crippen molar-refractivity contribution in [3.05, 3.63) is 42.2 Å². The molecular weight excluding hydrogens is 302 g/mol. The molecule has 0 N–H and O–H groups in total. The van der Waals surface area contributed by atoms with Crippen LogP contribution < -0.4 is 4.90 Å². The first-order valence-electron chi connectivity index (χ1n) is 8.62. The molecule has 1 saturated carbocycles. The van der Waals surface area contributed by atoms with Gasteiger partial charge in [-0.15, -0.1) is 10.2 Å². The molecule has 2 aliphatic rings. The van der Waals surface area contributed by atoms with Gasteiger partial charge < -0.3 is 4.90 Å². The fourth-order valence-electron chi connectivity index (χ4n) is 3.49. The van der Waals surface area contributed by atoms with Crippen molar-refractivity contribution >= 4 is 11.5 Å². The van der Waals surface area contributed by atoms with Crippen LogP contribution in [0.25, 0.3) is 5.65 Å². The number of hydrogen-bond acceptors (Lipinski definition) is 6. The van der Waals surface area contributed by atoms with E-state index in [1.54, 1.807) is 12.4 Å². The molecule has 3 aromatic heterocycles. The fourth-order valence-corrected chi connectivity index (χ4v) is 3.49. The Morgan fingerprint density at radius 1 is 0.917 bits per heavy atom. The van der Waals surface area contributed by atoms with Gasteiger partial charge in [-0.1, -0.05) is 0 Å². The molecular formula is C17H19N7. The van der Waals surface area contributed by atoms with Crippen LogP contribution in [0, 0.1) is 0 Å². The van der Waals surface area contributed by atoms with E-state index in [0.717, 1.165) is 43.2 Å². The number of rotatable bonds is 3. The van der Waals surface area contributed by atoms with Crippen molar-refractivity contribution < 1.29 is 0 Å². The zero-order chi connectivity index (χ0) is 15.9. The van der Waals surface area contributed by atoms with Crippen molar-refractivity contribution in [1.29, 1.82) is 0 Å². The van der Waals surface area contributed by atoms with Crippen LogP contribution in [0.2, 0.25) is 0 Å². The molecule has 0 atom stereocenters. The highest BCUT2D eigenvalue weighted by Crippen LogP contribution is 2.39. The zero-order valence-corrected chi connectivity index (χ0v) is 13.4. The van der Waals surface area contributed by atoms with Crippen LogP contribution in [0.5, 0.6) is 0 Å². The van der Waals surface area contributed by atoms with Gasteiger partial charge in [-0.25, -0.2) is 4.98 Å². The average Bonchev–Trinajstić information content (AvgIpc) is 3.42. The van der Waals surface area contributed by atoms with Crippen LogP contribution in [0.4, 0.5) is 5.82 Å². The van der Waals surface area contributed by atoms with Crippen molar-refractivity contribution in [2.75, 3.05) is 18.0 Å². The molecule has 7 nitrogen and oxygen atoms in total. The van der Waals surface area contributed by atoms with Gasteiger partial charge in [0.25, 0.3) is 0 Å². The largest absolute Gasteiger partial charge is 0.355 e. The van der Waals surface area contributed by atoms with E-state index in [0.29, 0.717) is 11.8 Å². The van der Waals surface area contributed by atoms with Crippen LogP contribution in [0.1, 0.15) is 49.0 Å². The summed E-state index contributed by atoms with van der Waals surface area (Å²) in [6.45, 7) is 1.92.